The van der Waals surface area contributed by atoms with Gasteiger partial charge in [0.25, 0.3) is 0 Å². The summed E-state index contributed by atoms with van der Waals surface area (Å²) in [6, 6.07) is 4.87. The summed E-state index contributed by atoms with van der Waals surface area (Å²) in [7, 11) is 0. The number of halogens is 1. The molecule has 1 N–H and O–H groups in total. The smallest absolute Gasteiger partial charge is 0.411 e. The molecule has 0 bridgehead atoms. The van der Waals surface area contributed by atoms with Gasteiger partial charge in [-0.3, -0.25) is 9.69 Å². The van der Waals surface area contributed by atoms with Gasteiger partial charge in [0.05, 0.1) is 18.8 Å². The van der Waals surface area contributed by atoms with Crippen LogP contribution in [0.1, 0.15) is 42.3 Å². The minimum atomic E-state index is -1.17. The van der Waals surface area contributed by atoms with Crippen molar-refractivity contribution in [2.24, 2.45) is 0 Å². The van der Waals surface area contributed by atoms with E-state index in [0.29, 0.717) is 54.7 Å². The average Bonchev–Trinajstić information content (AvgIpc) is 3.20. The van der Waals surface area contributed by atoms with Crippen LogP contribution in [0.15, 0.2) is 35.0 Å². The first-order valence-electron chi connectivity index (χ1n) is 10.9. The number of fused-ring (bicyclic) bond motifs is 1. The molecule has 1 saturated heterocycles. The number of carbonyl (C=O) groups excluding carboxylic acids is 1. The van der Waals surface area contributed by atoms with Gasteiger partial charge in [-0.25, -0.2) is 14.8 Å². The van der Waals surface area contributed by atoms with E-state index in [-0.39, 0.29) is 23.6 Å². The summed E-state index contributed by atoms with van der Waals surface area (Å²) in [5.41, 5.74) is 0.779. The summed E-state index contributed by atoms with van der Waals surface area (Å²) in [4.78, 5) is 37.4. The maximum Gasteiger partial charge on any atom is 0.411 e. The highest BCUT2D eigenvalue weighted by atomic mass is 35.5. The van der Waals surface area contributed by atoms with E-state index in [1.165, 1.54) is 12.4 Å². The molecule has 10 heteroatoms. The summed E-state index contributed by atoms with van der Waals surface area (Å²) in [5.74, 6) is -0.0559. The molecule has 1 amide bonds. The zero-order valence-corrected chi connectivity index (χ0v) is 19.0. The molecule has 1 aliphatic heterocycles. The number of anilines is 2. The van der Waals surface area contributed by atoms with Crippen molar-refractivity contribution in [1.82, 2.24) is 9.97 Å². The molecule has 33 heavy (non-hydrogen) atoms. The summed E-state index contributed by atoms with van der Waals surface area (Å²) < 4.78 is 11.2. The van der Waals surface area contributed by atoms with Gasteiger partial charge in [-0.2, -0.15) is 0 Å². The van der Waals surface area contributed by atoms with Crippen LogP contribution < -0.4 is 9.80 Å². The van der Waals surface area contributed by atoms with Gasteiger partial charge in [0.1, 0.15) is 11.3 Å². The molecule has 4 rings (SSSR count). The Hall–Kier alpha value is -3.17. The van der Waals surface area contributed by atoms with Crippen LogP contribution in [0.25, 0.3) is 11.0 Å². The number of furan rings is 1. The van der Waals surface area contributed by atoms with Gasteiger partial charge in [-0.1, -0.05) is 31.4 Å². The summed E-state index contributed by atoms with van der Waals surface area (Å²) in [6.07, 6.45) is 4.16. The molecule has 1 aliphatic rings. The normalized spacial score (nSPS) is 13.9. The Balaban J connectivity index is 1.72. The van der Waals surface area contributed by atoms with Crippen LogP contribution in [0, 0.1) is 0 Å². The summed E-state index contributed by atoms with van der Waals surface area (Å²) >= 11 is 6.17. The summed E-state index contributed by atoms with van der Waals surface area (Å²) in [5, 5.41) is 10.8. The number of hydrogen-bond donors (Lipinski definition) is 1. The third-order valence-electron chi connectivity index (χ3n) is 5.51. The lowest BCUT2D eigenvalue weighted by atomic mass is 10.1. The number of aromatic nitrogens is 2. The van der Waals surface area contributed by atoms with E-state index in [1.54, 1.807) is 18.2 Å². The lowest BCUT2D eigenvalue weighted by molar-refractivity contribution is 0.101. The number of amides is 1. The van der Waals surface area contributed by atoms with Crippen molar-refractivity contribution in [3.05, 3.63) is 46.9 Å². The third-order valence-corrected chi connectivity index (χ3v) is 5.75. The number of ketones is 1. The van der Waals surface area contributed by atoms with E-state index in [0.717, 1.165) is 17.7 Å². The molecule has 0 spiro atoms. The van der Waals surface area contributed by atoms with Crippen molar-refractivity contribution in [2.75, 3.05) is 42.6 Å². The number of carboxylic acid groups (broad SMARTS) is 1. The molecular formula is C23H25ClN4O5. The van der Waals surface area contributed by atoms with E-state index in [1.807, 2.05) is 11.8 Å². The predicted molar refractivity (Wildman–Crippen MR) is 125 cm³/mol. The quantitative estimate of drug-likeness (QED) is 0.373. The number of unbranched alkanes of at least 4 members (excludes halogenated alkanes) is 2. The lowest BCUT2D eigenvalue weighted by Gasteiger charge is -2.26. The van der Waals surface area contributed by atoms with Gasteiger partial charge in [0, 0.05) is 42.4 Å². The largest absolute Gasteiger partial charge is 0.465 e. The molecule has 0 unspecified atom stereocenters. The van der Waals surface area contributed by atoms with Gasteiger partial charge in [0.2, 0.25) is 11.7 Å². The standard InChI is InChI=1S/C23H25ClN4O5/c1-2-3-4-7-28(23(30)31)19-17-12-16(24)5-6-18(17)33-21(19)20(29)15-13-25-22(26-14-15)27-8-10-32-11-9-27/h5-6,12-14H,2-4,7-11H2,1H3,(H,30,31). The van der Waals surface area contributed by atoms with E-state index in [9.17, 15) is 14.7 Å². The van der Waals surface area contributed by atoms with Gasteiger partial charge >= 0.3 is 6.09 Å². The van der Waals surface area contributed by atoms with Crippen molar-refractivity contribution in [2.45, 2.75) is 26.2 Å². The molecule has 2 aromatic heterocycles. The van der Waals surface area contributed by atoms with Crippen molar-refractivity contribution in [3.63, 3.8) is 0 Å². The topological polar surface area (TPSA) is 109 Å². The molecule has 0 radical (unpaired) electrons. The SMILES string of the molecule is CCCCCN(C(=O)O)c1c(C(=O)c2cnc(N3CCOCC3)nc2)oc2ccc(Cl)cc12. The molecule has 174 valence electrons. The molecular weight excluding hydrogens is 448 g/mol. The van der Waals surface area contributed by atoms with Gasteiger partial charge in [-0.15, -0.1) is 0 Å². The third kappa shape index (κ3) is 4.94. The average molecular weight is 473 g/mol. The monoisotopic (exact) mass is 472 g/mol. The van der Waals surface area contributed by atoms with Crippen molar-refractivity contribution < 1.29 is 23.8 Å². The Labute approximate surface area is 195 Å². The number of rotatable bonds is 8. The fourth-order valence-corrected chi connectivity index (χ4v) is 3.97. The van der Waals surface area contributed by atoms with Crippen LogP contribution in [-0.4, -0.2) is 59.8 Å². The van der Waals surface area contributed by atoms with Crippen molar-refractivity contribution in [1.29, 1.82) is 0 Å². The molecule has 1 fully saturated rings. The molecule has 9 nitrogen and oxygen atoms in total. The van der Waals surface area contributed by atoms with Crippen LogP contribution in [0.4, 0.5) is 16.4 Å². The highest BCUT2D eigenvalue weighted by Gasteiger charge is 2.29. The molecule has 0 saturated carbocycles. The van der Waals surface area contributed by atoms with Crippen LogP contribution in [0.2, 0.25) is 5.02 Å². The zero-order valence-electron chi connectivity index (χ0n) is 18.3. The Bertz CT molecular complexity index is 1140. The number of ether oxygens (including phenoxy) is 1. The number of benzene rings is 1. The van der Waals surface area contributed by atoms with Gasteiger partial charge in [0.15, 0.2) is 5.76 Å². The first-order valence-corrected chi connectivity index (χ1v) is 11.3. The second kappa shape index (κ2) is 10.2. The summed E-state index contributed by atoms with van der Waals surface area (Å²) in [6.45, 7) is 4.81. The maximum absolute atomic E-state index is 13.4. The Morgan fingerprint density at radius 1 is 1.18 bits per heavy atom. The van der Waals surface area contributed by atoms with Crippen LogP contribution >= 0.6 is 11.6 Å². The van der Waals surface area contributed by atoms with Crippen LogP contribution in [0.3, 0.4) is 0 Å². The Morgan fingerprint density at radius 3 is 2.58 bits per heavy atom. The van der Waals surface area contributed by atoms with E-state index in [2.05, 4.69) is 9.97 Å². The molecule has 3 heterocycles. The molecule has 0 atom stereocenters. The number of nitrogens with zero attached hydrogens (tertiary/aromatic N) is 4. The zero-order chi connectivity index (χ0) is 23.4. The first kappa shape index (κ1) is 23.0. The number of morpholine rings is 1. The van der Waals surface area contributed by atoms with Crippen molar-refractivity contribution >= 4 is 46.1 Å². The second-order valence-corrected chi connectivity index (χ2v) is 8.20. The fourth-order valence-electron chi connectivity index (χ4n) is 3.80. The van der Waals surface area contributed by atoms with Crippen LogP contribution in [-0.2, 0) is 4.74 Å². The molecule has 1 aromatic carbocycles. The highest BCUT2D eigenvalue weighted by Crippen LogP contribution is 2.37. The van der Waals surface area contributed by atoms with Crippen LogP contribution in [0.5, 0.6) is 0 Å². The minimum Gasteiger partial charge on any atom is -0.465 e. The predicted octanol–water partition coefficient (Wildman–Crippen LogP) is 4.62. The fraction of sp³-hybridized carbons (Fsp3) is 0.391. The second-order valence-electron chi connectivity index (χ2n) is 7.76. The van der Waals surface area contributed by atoms with E-state index in [4.69, 9.17) is 20.8 Å². The maximum atomic E-state index is 13.4. The number of carbonyl (C=O) groups is 2. The van der Waals surface area contributed by atoms with E-state index >= 15 is 0 Å². The van der Waals surface area contributed by atoms with Crippen molar-refractivity contribution in [3.8, 4) is 0 Å². The minimum absolute atomic E-state index is 0.0751. The molecule has 0 aliphatic carbocycles. The Kier molecular flexibility index (Phi) is 7.10. The van der Waals surface area contributed by atoms with Gasteiger partial charge < -0.3 is 19.2 Å². The lowest BCUT2D eigenvalue weighted by Crippen LogP contribution is -2.37. The highest BCUT2D eigenvalue weighted by molar-refractivity contribution is 6.31. The van der Waals surface area contributed by atoms with E-state index < -0.39 is 11.9 Å². The Morgan fingerprint density at radius 2 is 1.91 bits per heavy atom. The first-order chi connectivity index (χ1) is 16.0. The molecule has 3 aromatic rings. The number of hydrogen-bond acceptors (Lipinski definition) is 7. The van der Waals surface area contributed by atoms with Gasteiger partial charge in [-0.05, 0) is 24.6 Å².